The second-order valence-corrected chi connectivity index (χ2v) is 8.18. The standard InChI is InChI=1S/C19H28N2O4S/c1-6-25-19(24)15-12(4)13(5)26-17(15)20-16(22)14-7-9-21(10-8-14)18(23)11(2)3/h11,14H,6-10H2,1-5H3,(H,20,22). The lowest BCUT2D eigenvalue weighted by Crippen LogP contribution is -2.43. The minimum absolute atomic E-state index is 0.0235. The number of hydrogen-bond acceptors (Lipinski definition) is 5. The van der Waals surface area contributed by atoms with Crippen LogP contribution in [0.3, 0.4) is 0 Å². The number of carbonyl (C=O) groups is 3. The first kappa shape index (κ1) is 20.4. The van der Waals surface area contributed by atoms with E-state index in [1.165, 1.54) is 11.3 Å². The van der Waals surface area contributed by atoms with E-state index in [1.807, 2.05) is 32.6 Å². The Balaban J connectivity index is 2.04. The molecule has 144 valence electrons. The number of hydrogen-bond donors (Lipinski definition) is 1. The number of rotatable bonds is 5. The van der Waals surface area contributed by atoms with E-state index in [1.54, 1.807) is 6.92 Å². The van der Waals surface area contributed by atoms with Crippen LogP contribution in [-0.2, 0) is 14.3 Å². The van der Waals surface area contributed by atoms with E-state index in [2.05, 4.69) is 5.32 Å². The second kappa shape index (κ2) is 8.66. The summed E-state index contributed by atoms with van der Waals surface area (Å²) in [6, 6.07) is 0. The highest BCUT2D eigenvalue weighted by Gasteiger charge is 2.30. The van der Waals surface area contributed by atoms with Crippen molar-refractivity contribution in [1.29, 1.82) is 0 Å². The monoisotopic (exact) mass is 380 g/mol. The van der Waals surface area contributed by atoms with E-state index in [0.29, 0.717) is 43.1 Å². The van der Waals surface area contributed by atoms with Gasteiger partial charge in [-0.15, -0.1) is 11.3 Å². The average Bonchev–Trinajstić information content (AvgIpc) is 2.88. The molecule has 2 amide bonds. The summed E-state index contributed by atoms with van der Waals surface area (Å²) >= 11 is 1.40. The highest BCUT2D eigenvalue weighted by atomic mass is 32.1. The SMILES string of the molecule is CCOC(=O)c1c(NC(=O)C2CCN(C(=O)C(C)C)CC2)sc(C)c1C. The molecule has 1 fully saturated rings. The Morgan fingerprint density at radius 3 is 2.38 bits per heavy atom. The molecule has 1 aliphatic heterocycles. The molecule has 0 radical (unpaired) electrons. The fraction of sp³-hybridized carbons (Fsp3) is 0.632. The van der Waals surface area contributed by atoms with Crippen molar-refractivity contribution < 1.29 is 19.1 Å². The van der Waals surface area contributed by atoms with Crippen molar-refractivity contribution in [1.82, 2.24) is 4.90 Å². The summed E-state index contributed by atoms with van der Waals surface area (Å²) in [4.78, 5) is 39.8. The van der Waals surface area contributed by atoms with Gasteiger partial charge in [0.15, 0.2) is 0 Å². The Labute approximate surface area is 158 Å². The van der Waals surface area contributed by atoms with Gasteiger partial charge in [0.2, 0.25) is 11.8 Å². The van der Waals surface area contributed by atoms with Crippen LogP contribution in [0, 0.1) is 25.7 Å². The molecule has 0 spiro atoms. The first-order valence-corrected chi connectivity index (χ1v) is 9.94. The number of aryl methyl sites for hydroxylation is 1. The number of anilines is 1. The van der Waals surface area contributed by atoms with Crippen LogP contribution >= 0.6 is 11.3 Å². The summed E-state index contributed by atoms with van der Waals surface area (Å²) < 4.78 is 5.12. The van der Waals surface area contributed by atoms with Gasteiger partial charge in [-0.2, -0.15) is 0 Å². The van der Waals surface area contributed by atoms with E-state index < -0.39 is 5.97 Å². The van der Waals surface area contributed by atoms with Crippen LogP contribution in [0.25, 0.3) is 0 Å². The fourth-order valence-electron chi connectivity index (χ4n) is 3.11. The number of carbonyl (C=O) groups excluding carboxylic acids is 3. The fourth-order valence-corrected chi connectivity index (χ4v) is 4.16. The van der Waals surface area contributed by atoms with Gasteiger partial charge in [-0.25, -0.2) is 4.79 Å². The van der Waals surface area contributed by atoms with Gasteiger partial charge in [0, 0.05) is 29.8 Å². The number of ether oxygens (including phenoxy) is 1. The summed E-state index contributed by atoms with van der Waals surface area (Å²) in [6.45, 7) is 10.8. The lowest BCUT2D eigenvalue weighted by atomic mass is 9.95. The van der Waals surface area contributed by atoms with Crippen molar-refractivity contribution in [2.75, 3.05) is 25.0 Å². The summed E-state index contributed by atoms with van der Waals surface area (Å²) in [5.41, 5.74) is 1.30. The number of nitrogens with one attached hydrogen (secondary N) is 1. The van der Waals surface area contributed by atoms with Gasteiger partial charge in [-0.05, 0) is 39.2 Å². The van der Waals surface area contributed by atoms with E-state index in [9.17, 15) is 14.4 Å². The molecule has 1 aromatic heterocycles. The molecule has 1 saturated heterocycles. The third-order valence-corrected chi connectivity index (χ3v) is 5.90. The molecule has 1 aliphatic rings. The number of amides is 2. The van der Waals surface area contributed by atoms with E-state index in [4.69, 9.17) is 4.74 Å². The van der Waals surface area contributed by atoms with Gasteiger partial charge in [-0.3, -0.25) is 9.59 Å². The topological polar surface area (TPSA) is 75.7 Å². The molecular formula is C19H28N2O4S. The normalized spacial score (nSPS) is 15.2. The average molecular weight is 381 g/mol. The van der Waals surface area contributed by atoms with E-state index in [-0.39, 0.29) is 23.7 Å². The smallest absolute Gasteiger partial charge is 0.341 e. The maximum Gasteiger partial charge on any atom is 0.341 e. The molecule has 0 saturated carbocycles. The van der Waals surface area contributed by atoms with Gasteiger partial charge >= 0.3 is 5.97 Å². The Kier molecular flexibility index (Phi) is 6.81. The van der Waals surface area contributed by atoms with Gasteiger partial charge < -0.3 is 15.0 Å². The molecule has 6 nitrogen and oxygen atoms in total. The molecule has 2 heterocycles. The van der Waals surface area contributed by atoms with Gasteiger partial charge in [0.25, 0.3) is 0 Å². The molecule has 0 aromatic carbocycles. The van der Waals surface area contributed by atoms with Crippen LogP contribution < -0.4 is 5.32 Å². The van der Waals surface area contributed by atoms with Crippen molar-refractivity contribution in [3.05, 3.63) is 16.0 Å². The maximum atomic E-state index is 12.7. The third kappa shape index (κ3) is 4.44. The lowest BCUT2D eigenvalue weighted by molar-refractivity contribution is -0.137. The molecule has 26 heavy (non-hydrogen) atoms. The first-order chi connectivity index (χ1) is 12.3. The van der Waals surface area contributed by atoms with Crippen molar-refractivity contribution in [2.24, 2.45) is 11.8 Å². The second-order valence-electron chi connectivity index (χ2n) is 6.95. The third-order valence-electron chi connectivity index (χ3n) is 4.77. The Hall–Kier alpha value is -1.89. The zero-order valence-corrected chi connectivity index (χ0v) is 17.0. The van der Waals surface area contributed by atoms with Gasteiger partial charge in [0.05, 0.1) is 12.2 Å². The summed E-state index contributed by atoms with van der Waals surface area (Å²) in [6.07, 6.45) is 1.28. The molecule has 7 heteroatoms. The number of esters is 1. The minimum Gasteiger partial charge on any atom is -0.462 e. The molecule has 2 rings (SSSR count). The van der Waals surface area contributed by atoms with Crippen molar-refractivity contribution in [3.63, 3.8) is 0 Å². The predicted molar refractivity (Wildman–Crippen MR) is 103 cm³/mol. The van der Waals surface area contributed by atoms with Crippen LogP contribution in [0.1, 0.15) is 54.4 Å². The number of piperidine rings is 1. The molecule has 0 unspecified atom stereocenters. The van der Waals surface area contributed by atoms with E-state index in [0.717, 1.165) is 10.4 Å². The number of likely N-dealkylation sites (tertiary alicyclic amines) is 1. The molecule has 0 atom stereocenters. The van der Waals surface area contributed by atoms with Crippen LogP contribution in [0.2, 0.25) is 0 Å². The number of thiophene rings is 1. The summed E-state index contributed by atoms with van der Waals surface area (Å²) in [7, 11) is 0. The highest BCUT2D eigenvalue weighted by molar-refractivity contribution is 7.16. The van der Waals surface area contributed by atoms with Gasteiger partial charge in [0.1, 0.15) is 5.00 Å². The van der Waals surface area contributed by atoms with Crippen LogP contribution in [-0.4, -0.2) is 42.4 Å². The van der Waals surface area contributed by atoms with Crippen LogP contribution in [0.5, 0.6) is 0 Å². The lowest BCUT2D eigenvalue weighted by Gasteiger charge is -2.32. The van der Waals surface area contributed by atoms with Crippen molar-refractivity contribution in [3.8, 4) is 0 Å². The summed E-state index contributed by atoms with van der Waals surface area (Å²) in [5, 5.41) is 3.48. The zero-order valence-electron chi connectivity index (χ0n) is 16.2. The Bertz CT molecular complexity index is 688. The molecule has 1 aromatic rings. The van der Waals surface area contributed by atoms with Gasteiger partial charge in [-0.1, -0.05) is 13.8 Å². The first-order valence-electron chi connectivity index (χ1n) is 9.13. The quantitative estimate of drug-likeness (QED) is 0.795. The summed E-state index contributed by atoms with van der Waals surface area (Å²) in [5.74, 6) is -0.526. The number of nitrogens with zero attached hydrogens (tertiary/aromatic N) is 1. The molecule has 1 N–H and O–H groups in total. The van der Waals surface area contributed by atoms with E-state index >= 15 is 0 Å². The molecular weight excluding hydrogens is 352 g/mol. The largest absolute Gasteiger partial charge is 0.462 e. The minimum atomic E-state index is -0.401. The highest BCUT2D eigenvalue weighted by Crippen LogP contribution is 2.34. The Morgan fingerprint density at radius 2 is 1.85 bits per heavy atom. The Morgan fingerprint density at radius 1 is 1.23 bits per heavy atom. The molecule has 0 aliphatic carbocycles. The van der Waals surface area contributed by atoms with Crippen molar-refractivity contribution >= 4 is 34.1 Å². The zero-order chi connectivity index (χ0) is 19.4. The van der Waals surface area contributed by atoms with Crippen LogP contribution in [0.4, 0.5) is 5.00 Å². The van der Waals surface area contributed by atoms with Crippen LogP contribution in [0.15, 0.2) is 0 Å². The predicted octanol–water partition coefficient (Wildman–Crippen LogP) is 3.37. The maximum absolute atomic E-state index is 12.7. The van der Waals surface area contributed by atoms with Crippen molar-refractivity contribution in [2.45, 2.75) is 47.5 Å². The molecule has 0 bridgehead atoms.